The molecule has 1 aromatic carbocycles. The lowest BCUT2D eigenvalue weighted by Gasteiger charge is -2.03. The zero-order valence-electron chi connectivity index (χ0n) is 10.2. The van der Waals surface area contributed by atoms with E-state index in [4.69, 9.17) is 14.9 Å². The van der Waals surface area contributed by atoms with E-state index in [2.05, 4.69) is 0 Å². The highest BCUT2D eigenvalue weighted by Gasteiger charge is 2.10. The van der Waals surface area contributed by atoms with Crippen molar-refractivity contribution in [1.29, 1.82) is 0 Å². The van der Waals surface area contributed by atoms with Crippen LogP contribution in [-0.4, -0.2) is 12.0 Å². The minimum Gasteiger partial charge on any atom is -0.497 e. The lowest BCUT2D eigenvalue weighted by Crippen LogP contribution is -1.95. The maximum Gasteiger partial charge on any atom is 0.433 e. The average molecular weight is 260 g/mol. The summed E-state index contributed by atoms with van der Waals surface area (Å²) in [4.78, 5) is 9.89. The van der Waals surface area contributed by atoms with E-state index >= 15 is 0 Å². The number of nitrogens with zero attached hydrogens (tertiary/aromatic N) is 1. The second-order valence-corrected chi connectivity index (χ2v) is 3.76. The molecule has 0 aliphatic rings. The number of furan rings is 1. The van der Waals surface area contributed by atoms with Crippen LogP contribution < -0.4 is 10.5 Å². The van der Waals surface area contributed by atoms with Gasteiger partial charge in [-0.05, 0) is 35.9 Å². The molecule has 0 aliphatic heterocycles. The van der Waals surface area contributed by atoms with Gasteiger partial charge in [0.25, 0.3) is 0 Å². The van der Waals surface area contributed by atoms with Gasteiger partial charge in [0.1, 0.15) is 16.4 Å². The molecule has 0 radical (unpaired) electrons. The van der Waals surface area contributed by atoms with Crippen molar-refractivity contribution in [3.05, 3.63) is 57.8 Å². The summed E-state index contributed by atoms with van der Waals surface area (Å²) in [5, 5.41) is 10.5. The summed E-state index contributed by atoms with van der Waals surface area (Å²) in [6, 6.07) is 9.92. The van der Waals surface area contributed by atoms with Gasteiger partial charge in [-0.25, -0.2) is 0 Å². The summed E-state index contributed by atoms with van der Waals surface area (Å²) in [7, 11) is 1.58. The summed E-state index contributed by atoms with van der Waals surface area (Å²) < 4.78 is 10.0. The summed E-state index contributed by atoms with van der Waals surface area (Å²) in [5.74, 6) is 0.749. The van der Waals surface area contributed by atoms with Crippen molar-refractivity contribution < 1.29 is 14.1 Å². The lowest BCUT2D eigenvalue weighted by molar-refractivity contribution is -0.402. The molecule has 0 spiro atoms. The SMILES string of the molecule is COc1ccc(/C(N)=C\c2ccc([N+](=O)[O-])o2)cc1. The molecule has 0 fully saturated rings. The van der Waals surface area contributed by atoms with Crippen LogP contribution in [0.5, 0.6) is 5.75 Å². The second kappa shape index (κ2) is 5.26. The van der Waals surface area contributed by atoms with E-state index in [1.807, 2.05) is 0 Å². The molecule has 1 aromatic heterocycles. The van der Waals surface area contributed by atoms with Gasteiger partial charge in [0, 0.05) is 11.8 Å². The number of hydrogen-bond donors (Lipinski definition) is 1. The Labute approximate surface area is 109 Å². The molecular weight excluding hydrogens is 248 g/mol. The number of nitro groups is 1. The van der Waals surface area contributed by atoms with Gasteiger partial charge in [-0.15, -0.1) is 0 Å². The molecular formula is C13H12N2O4. The zero-order chi connectivity index (χ0) is 13.8. The van der Waals surface area contributed by atoms with Gasteiger partial charge in [0.05, 0.1) is 13.2 Å². The third kappa shape index (κ3) is 2.92. The number of rotatable bonds is 4. The molecule has 0 saturated heterocycles. The van der Waals surface area contributed by atoms with E-state index < -0.39 is 4.92 Å². The fraction of sp³-hybridized carbons (Fsp3) is 0.0769. The first-order valence-electron chi connectivity index (χ1n) is 5.46. The predicted molar refractivity (Wildman–Crippen MR) is 70.4 cm³/mol. The number of nitrogens with two attached hydrogens (primary N) is 1. The van der Waals surface area contributed by atoms with E-state index in [1.165, 1.54) is 18.2 Å². The van der Waals surface area contributed by atoms with Crippen LogP contribution in [0.4, 0.5) is 5.88 Å². The first kappa shape index (κ1) is 12.7. The largest absolute Gasteiger partial charge is 0.497 e. The molecule has 1 heterocycles. The van der Waals surface area contributed by atoms with Gasteiger partial charge in [0.2, 0.25) is 0 Å². The highest BCUT2D eigenvalue weighted by molar-refractivity contribution is 5.78. The van der Waals surface area contributed by atoms with E-state index in [-0.39, 0.29) is 5.88 Å². The first-order chi connectivity index (χ1) is 9.10. The molecule has 98 valence electrons. The Morgan fingerprint density at radius 2 is 2.00 bits per heavy atom. The van der Waals surface area contributed by atoms with Gasteiger partial charge >= 0.3 is 5.88 Å². The normalized spacial score (nSPS) is 11.3. The molecule has 0 saturated carbocycles. The molecule has 0 amide bonds. The minimum atomic E-state index is -0.596. The zero-order valence-corrected chi connectivity index (χ0v) is 10.2. The number of methoxy groups -OCH3 is 1. The van der Waals surface area contributed by atoms with Gasteiger partial charge < -0.3 is 14.9 Å². The van der Waals surface area contributed by atoms with Gasteiger partial charge in [0.15, 0.2) is 0 Å². The second-order valence-electron chi connectivity index (χ2n) is 3.76. The third-order valence-corrected chi connectivity index (χ3v) is 2.51. The van der Waals surface area contributed by atoms with Crippen LogP contribution in [0.1, 0.15) is 11.3 Å². The Kier molecular flexibility index (Phi) is 3.51. The Bertz CT molecular complexity index is 614. The molecule has 2 N–H and O–H groups in total. The summed E-state index contributed by atoms with van der Waals surface area (Å²) in [6.07, 6.45) is 1.54. The Morgan fingerprint density at radius 1 is 1.32 bits per heavy atom. The van der Waals surface area contributed by atoms with Crippen molar-refractivity contribution in [2.45, 2.75) is 0 Å². The molecule has 6 heteroatoms. The predicted octanol–water partition coefficient (Wildman–Crippen LogP) is 2.65. The minimum absolute atomic E-state index is 0.311. The highest BCUT2D eigenvalue weighted by Crippen LogP contribution is 2.21. The van der Waals surface area contributed by atoms with Crippen molar-refractivity contribution in [3.63, 3.8) is 0 Å². The van der Waals surface area contributed by atoms with Crippen LogP contribution in [0.15, 0.2) is 40.8 Å². The van der Waals surface area contributed by atoms with Crippen LogP contribution in [0, 0.1) is 10.1 Å². The Balaban J connectivity index is 2.23. The molecule has 2 aromatic rings. The van der Waals surface area contributed by atoms with Crippen molar-refractivity contribution >= 4 is 17.7 Å². The van der Waals surface area contributed by atoms with Crippen LogP contribution >= 0.6 is 0 Å². The smallest absolute Gasteiger partial charge is 0.433 e. The van der Waals surface area contributed by atoms with Gasteiger partial charge in [-0.1, -0.05) is 0 Å². The van der Waals surface area contributed by atoms with E-state index in [9.17, 15) is 10.1 Å². The standard InChI is InChI=1S/C13H12N2O4/c1-18-10-4-2-9(3-5-10)12(14)8-11-6-7-13(19-11)15(16)17/h2-8H,14H2,1H3/b12-8+. The maximum atomic E-state index is 10.5. The lowest BCUT2D eigenvalue weighted by atomic mass is 10.1. The number of benzene rings is 1. The van der Waals surface area contributed by atoms with Gasteiger partial charge in [-0.2, -0.15) is 0 Å². The van der Waals surface area contributed by atoms with Crippen LogP contribution in [-0.2, 0) is 0 Å². The molecule has 2 rings (SSSR count). The Morgan fingerprint density at radius 3 is 2.53 bits per heavy atom. The molecule has 6 nitrogen and oxygen atoms in total. The summed E-state index contributed by atoms with van der Waals surface area (Å²) >= 11 is 0. The van der Waals surface area contributed by atoms with Crippen molar-refractivity contribution in [2.75, 3.05) is 7.11 Å². The quantitative estimate of drug-likeness (QED) is 0.674. The topological polar surface area (TPSA) is 91.5 Å². The molecule has 0 aliphatic carbocycles. The fourth-order valence-corrected chi connectivity index (χ4v) is 1.54. The van der Waals surface area contributed by atoms with Crippen molar-refractivity contribution in [1.82, 2.24) is 0 Å². The Hall–Kier alpha value is -2.76. The van der Waals surface area contributed by atoms with E-state index in [1.54, 1.807) is 31.4 Å². The van der Waals surface area contributed by atoms with Crippen molar-refractivity contribution in [3.8, 4) is 5.75 Å². The summed E-state index contributed by atoms with van der Waals surface area (Å²) in [6.45, 7) is 0. The van der Waals surface area contributed by atoms with Gasteiger partial charge in [-0.3, -0.25) is 10.1 Å². The molecule has 0 bridgehead atoms. The highest BCUT2D eigenvalue weighted by atomic mass is 16.6. The number of ether oxygens (including phenoxy) is 1. The van der Waals surface area contributed by atoms with E-state index in [0.717, 1.165) is 11.3 Å². The van der Waals surface area contributed by atoms with Crippen LogP contribution in [0.2, 0.25) is 0 Å². The fourth-order valence-electron chi connectivity index (χ4n) is 1.54. The number of hydrogen-bond acceptors (Lipinski definition) is 5. The molecule has 19 heavy (non-hydrogen) atoms. The van der Waals surface area contributed by atoms with Crippen LogP contribution in [0.25, 0.3) is 11.8 Å². The third-order valence-electron chi connectivity index (χ3n) is 2.51. The molecule has 0 unspecified atom stereocenters. The van der Waals surface area contributed by atoms with Crippen molar-refractivity contribution in [2.24, 2.45) is 5.73 Å². The average Bonchev–Trinajstić information content (AvgIpc) is 2.87. The monoisotopic (exact) mass is 260 g/mol. The maximum absolute atomic E-state index is 10.5. The first-order valence-corrected chi connectivity index (χ1v) is 5.46. The van der Waals surface area contributed by atoms with Crippen LogP contribution in [0.3, 0.4) is 0 Å². The summed E-state index contributed by atoms with van der Waals surface area (Å²) in [5.41, 5.74) is 7.12. The molecule has 0 atom stereocenters. The van der Waals surface area contributed by atoms with E-state index in [0.29, 0.717) is 11.5 Å².